The van der Waals surface area contributed by atoms with E-state index in [1.165, 1.54) is 5.56 Å². The van der Waals surface area contributed by atoms with E-state index in [1.54, 1.807) is 0 Å². The smallest absolute Gasteiger partial charge is 0.236 e. The lowest BCUT2D eigenvalue weighted by molar-refractivity contribution is -0.134. The molecule has 0 bridgehead atoms. The molecule has 1 atom stereocenters. The van der Waals surface area contributed by atoms with Crippen molar-refractivity contribution in [1.82, 2.24) is 14.7 Å². The average Bonchev–Trinajstić information content (AvgIpc) is 3.03. The Bertz CT molecular complexity index is 756. The summed E-state index contributed by atoms with van der Waals surface area (Å²) in [4.78, 5) is 18.7. The fourth-order valence-corrected chi connectivity index (χ4v) is 5.45. The fraction of sp³-hybridized carbons (Fsp3) is 0.550. The van der Waals surface area contributed by atoms with Gasteiger partial charge in [-0.15, -0.1) is 0 Å². The van der Waals surface area contributed by atoms with Gasteiger partial charge < -0.3 is 4.90 Å². The molecule has 0 aromatic heterocycles. The zero-order chi connectivity index (χ0) is 19.3. The second-order valence-electron chi connectivity index (χ2n) is 7.47. The molecule has 27 heavy (non-hydrogen) atoms. The molecule has 2 heterocycles. The van der Waals surface area contributed by atoms with Crippen molar-refractivity contribution in [3.05, 3.63) is 42.0 Å². The normalized spacial score (nSPS) is 23.3. The minimum absolute atomic E-state index is 0.0247. The van der Waals surface area contributed by atoms with E-state index in [0.29, 0.717) is 13.0 Å². The van der Waals surface area contributed by atoms with Gasteiger partial charge >= 0.3 is 0 Å². The number of hydrogen-bond acceptors (Lipinski definition) is 5. The van der Waals surface area contributed by atoms with Crippen molar-refractivity contribution in [2.75, 3.05) is 57.8 Å². The highest BCUT2D eigenvalue weighted by Crippen LogP contribution is 2.16. The van der Waals surface area contributed by atoms with Crippen LogP contribution < -0.4 is 0 Å². The Labute approximate surface area is 162 Å². The van der Waals surface area contributed by atoms with Gasteiger partial charge in [-0.2, -0.15) is 0 Å². The summed E-state index contributed by atoms with van der Waals surface area (Å²) in [5.74, 6) is 0.519. The maximum Gasteiger partial charge on any atom is 0.236 e. The zero-order valence-electron chi connectivity index (χ0n) is 16.0. The number of amides is 1. The molecule has 1 amide bonds. The largest absolute Gasteiger partial charge is 0.339 e. The summed E-state index contributed by atoms with van der Waals surface area (Å²) < 4.78 is 23.2. The van der Waals surface area contributed by atoms with Crippen LogP contribution >= 0.6 is 0 Å². The maximum absolute atomic E-state index is 12.5. The van der Waals surface area contributed by atoms with Gasteiger partial charge in [0.1, 0.15) is 0 Å². The van der Waals surface area contributed by atoms with Crippen molar-refractivity contribution in [3.8, 4) is 0 Å². The fourth-order valence-electron chi connectivity index (χ4n) is 3.65. The van der Waals surface area contributed by atoms with Crippen LogP contribution in [0.5, 0.6) is 0 Å². The highest BCUT2D eigenvalue weighted by Gasteiger charge is 2.32. The molecule has 148 valence electrons. The third-order valence-electron chi connectivity index (χ3n) is 5.41. The molecule has 0 aliphatic carbocycles. The number of benzene rings is 1. The van der Waals surface area contributed by atoms with Crippen molar-refractivity contribution in [3.63, 3.8) is 0 Å². The summed E-state index contributed by atoms with van der Waals surface area (Å²) in [6, 6.07) is 10.2. The van der Waals surface area contributed by atoms with Gasteiger partial charge in [0, 0.05) is 38.8 Å². The standard InChI is InChI=1S/C20H29N3O3S/c1-21(19-9-15-27(25,26)17-19)16-20(24)23-13-11-22(12-14-23)10-5-8-18-6-3-2-4-7-18/h2-8,19H,9-17H2,1H3/b8-5+. The first-order valence-corrected chi connectivity index (χ1v) is 11.4. The molecular weight excluding hydrogens is 362 g/mol. The van der Waals surface area contributed by atoms with Gasteiger partial charge in [-0.1, -0.05) is 42.5 Å². The van der Waals surface area contributed by atoms with Crippen molar-refractivity contribution in [2.45, 2.75) is 12.5 Å². The van der Waals surface area contributed by atoms with Crippen LogP contribution in [0, 0.1) is 0 Å². The Kier molecular flexibility index (Phi) is 6.68. The van der Waals surface area contributed by atoms with Crippen LogP contribution in [0.15, 0.2) is 36.4 Å². The zero-order valence-corrected chi connectivity index (χ0v) is 16.8. The topological polar surface area (TPSA) is 60.9 Å². The van der Waals surface area contributed by atoms with Crippen molar-refractivity contribution >= 4 is 21.8 Å². The average molecular weight is 392 g/mol. The van der Waals surface area contributed by atoms with Gasteiger partial charge in [0.15, 0.2) is 9.84 Å². The van der Waals surface area contributed by atoms with Gasteiger partial charge in [-0.3, -0.25) is 14.6 Å². The van der Waals surface area contributed by atoms with Crippen LogP contribution in [-0.4, -0.2) is 92.9 Å². The number of hydrogen-bond donors (Lipinski definition) is 0. The summed E-state index contributed by atoms with van der Waals surface area (Å²) in [6.45, 7) is 4.38. The molecule has 1 aromatic carbocycles. The van der Waals surface area contributed by atoms with Crippen LogP contribution in [0.1, 0.15) is 12.0 Å². The molecule has 0 N–H and O–H groups in total. The molecular formula is C20H29N3O3S. The Morgan fingerprint density at radius 1 is 1.19 bits per heavy atom. The summed E-state index contributed by atoms with van der Waals surface area (Å²) in [5.41, 5.74) is 1.20. The molecule has 2 aliphatic heterocycles. The first-order chi connectivity index (χ1) is 12.9. The highest BCUT2D eigenvalue weighted by atomic mass is 32.2. The third-order valence-corrected chi connectivity index (χ3v) is 7.17. The molecule has 2 saturated heterocycles. The van der Waals surface area contributed by atoms with Crippen LogP contribution in [-0.2, 0) is 14.6 Å². The number of sulfone groups is 1. The van der Waals surface area contributed by atoms with E-state index in [0.717, 1.165) is 32.7 Å². The molecule has 0 saturated carbocycles. The second kappa shape index (κ2) is 8.99. The predicted octanol–water partition coefficient (Wildman–Crippen LogP) is 0.963. The summed E-state index contributed by atoms with van der Waals surface area (Å²) in [5, 5.41) is 0. The summed E-state index contributed by atoms with van der Waals surface area (Å²) in [6.07, 6.45) is 4.93. The number of nitrogens with zero attached hydrogens (tertiary/aromatic N) is 3. The molecule has 0 spiro atoms. The van der Waals surface area contributed by atoms with Crippen molar-refractivity contribution in [1.29, 1.82) is 0 Å². The van der Waals surface area contributed by atoms with E-state index >= 15 is 0 Å². The van der Waals surface area contributed by atoms with Gasteiger partial charge in [-0.05, 0) is 19.0 Å². The molecule has 1 aromatic rings. The summed E-state index contributed by atoms with van der Waals surface area (Å²) >= 11 is 0. The number of likely N-dealkylation sites (N-methyl/N-ethyl adjacent to an activating group) is 1. The van der Waals surface area contributed by atoms with E-state index in [-0.39, 0.29) is 23.5 Å². The first-order valence-electron chi connectivity index (χ1n) is 9.55. The van der Waals surface area contributed by atoms with Crippen molar-refractivity contribution < 1.29 is 13.2 Å². The lowest BCUT2D eigenvalue weighted by atomic mass is 10.2. The van der Waals surface area contributed by atoms with Gasteiger partial charge in [0.25, 0.3) is 0 Å². The third kappa shape index (κ3) is 5.89. The molecule has 2 fully saturated rings. The lowest BCUT2D eigenvalue weighted by Gasteiger charge is -2.35. The van der Waals surface area contributed by atoms with E-state index in [1.807, 2.05) is 35.0 Å². The van der Waals surface area contributed by atoms with Gasteiger partial charge in [0.2, 0.25) is 5.91 Å². The monoisotopic (exact) mass is 391 g/mol. The number of piperazine rings is 1. The highest BCUT2D eigenvalue weighted by molar-refractivity contribution is 7.91. The SMILES string of the molecule is CN(CC(=O)N1CCN(C/C=C/c2ccccc2)CC1)C1CCS(=O)(=O)C1. The summed E-state index contributed by atoms with van der Waals surface area (Å²) in [7, 11) is -1.06. The number of rotatable bonds is 6. The number of carbonyl (C=O) groups is 1. The Morgan fingerprint density at radius 2 is 1.89 bits per heavy atom. The van der Waals surface area contributed by atoms with E-state index in [4.69, 9.17) is 0 Å². The lowest BCUT2D eigenvalue weighted by Crippen LogP contribution is -2.51. The minimum atomic E-state index is -2.92. The van der Waals surface area contributed by atoms with Crippen molar-refractivity contribution in [2.24, 2.45) is 0 Å². The van der Waals surface area contributed by atoms with Crippen LogP contribution in [0.2, 0.25) is 0 Å². The van der Waals surface area contributed by atoms with Gasteiger partial charge in [0.05, 0.1) is 18.1 Å². The van der Waals surface area contributed by atoms with Crippen LogP contribution in [0.4, 0.5) is 0 Å². The minimum Gasteiger partial charge on any atom is -0.339 e. The molecule has 1 unspecified atom stereocenters. The molecule has 0 radical (unpaired) electrons. The second-order valence-corrected chi connectivity index (χ2v) is 9.70. The molecule has 2 aliphatic rings. The maximum atomic E-state index is 12.5. The first kappa shape index (κ1) is 20.0. The quantitative estimate of drug-likeness (QED) is 0.723. The van der Waals surface area contributed by atoms with Crippen LogP contribution in [0.25, 0.3) is 6.08 Å². The van der Waals surface area contributed by atoms with E-state index in [9.17, 15) is 13.2 Å². The number of carbonyl (C=O) groups excluding carboxylic acids is 1. The Morgan fingerprint density at radius 3 is 2.52 bits per heavy atom. The van der Waals surface area contributed by atoms with E-state index in [2.05, 4.69) is 29.2 Å². The predicted molar refractivity (Wildman–Crippen MR) is 108 cm³/mol. The van der Waals surface area contributed by atoms with Gasteiger partial charge in [-0.25, -0.2) is 8.42 Å². The van der Waals surface area contributed by atoms with Crippen LogP contribution in [0.3, 0.4) is 0 Å². The Hall–Kier alpha value is -1.70. The van der Waals surface area contributed by atoms with E-state index < -0.39 is 9.84 Å². The molecule has 3 rings (SSSR count). The Balaban J connectivity index is 1.39. The molecule has 6 nitrogen and oxygen atoms in total. The molecule has 7 heteroatoms.